The van der Waals surface area contributed by atoms with Crippen molar-refractivity contribution in [2.45, 2.75) is 19.3 Å². The number of nitrogens with one attached hydrogen (secondary N) is 1. The highest BCUT2D eigenvalue weighted by molar-refractivity contribution is 5.83. The molecule has 1 saturated heterocycles. The van der Waals surface area contributed by atoms with Gasteiger partial charge in [-0.05, 0) is 25.0 Å². The van der Waals surface area contributed by atoms with Gasteiger partial charge >= 0.3 is 0 Å². The third kappa shape index (κ3) is 3.52. The summed E-state index contributed by atoms with van der Waals surface area (Å²) in [5, 5.41) is 11.6. The number of aliphatic hydroxyl groups is 1. The van der Waals surface area contributed by atoms with Crippen molar-refractivity contribution in [3.63, 3.8) is 0 Å². The summed E-state index contributed by atoms with van der Waals surface area (Å²) in [6.07, 6.45) is 3.75. The van der Waals surface area contributed by atoms with Gasteiger partial charge in [0.25, 0.3) is 0 Å². The van der Waals surface area contributed by atoms with Crippen molar-refractivity contribution >= 4 is 5.91 Å². The zero-order chi connectivity index (χ0) is 13.6. The molecule has 2 N–H and O–H groups in total. The van der Waals surface area contributed by atoms with E-state index in [0.717, 1.165) is 5.69 Å². The van der Waals surface area contributed by atoms with Gasteiger partial charge in [0.15, 0.2) is 0 Å². The van der Waals surface area contributed by atoms with Gasteiger partial charge in [0.05, 0.1) is 12.0 Å². The Kier molecular flexibility index (Phi) is 4.87. The number of pyridine rings is 1. The average molecular weight is 264 g/mol. The van der Waals surface area contributed by atoms with E-state index in [0.29, 0.717) is 39.0 Å². The zero-order valence-electron chi connectivity index (χ0n) is 11.0. The van der Waals surface area contributed by atoms with Crippen LogP contribution >= 0.6 is 0 Å². The first-order valence-electron chi connectivity index (χ1n) is 6.64. The summed E-state index contributed by atoms with van der Waals surface area (Å²) < 4.78 is 5.37. The number of rotatable bonds is 5. The summed E-state index contributed by atoms with van der Waals surface area (Å²) >= 11 is 0. The summed E-state index contributed by atoms with van der Waals surface area (Å²) in [5.74, 6) is -0.00416. The van der Waals surface area contributed by atoms with Crippen LogP contribution in [0.15, 0.2) is 24.4 Å². The molecule has 1 aromatic rings. The Morgan fingerprint density at radius 2 is 2.21 bits per heavy atom. The third-order valence-corrected chi connectivity index (χ3v) is 3.57. The van der Waals surface area contributed by atoms with Crippen LogP contribution in [-0.2, 0) is 16.0 Å². The number of nitrogens with zero attached hydrogens (tertiary/aromatic N) is 1. The van der Waals surface area contributed by atoms with Crippen LogP contribution in [0.4, 0.5) is 0 Å². The van der Waals surface area contributed by atoms with Crippen molar-refractivity contribution in [3.05, 3.63) is 30.1 Å². The highest BCUT2D eigenvalue weighted by atomic mass is 16.5. The van der Waals surface area contributed by atoms with Crippen LogP contribution in [0.2, 0.25) is 0 Å². The molecule has 2 heterocycles. The van der Waals surface area contributed by atoms with Gasteiger partial charge in [0.2, 0.25) is 5.91 Å². The van der Waals surface area contributed by atoms with Crippen LogP contribution in [0.25, 0.3) is 0 Å². The topological polar surface area (TPSA) is 71.5 Å². The lowest BCUT2D eigenvalue weighted by Crippen LogP contribution is -2.47. The van der Waals surface area contributed by atoms with Crippen molar-refractivity contribution in [2.75, 3.05) is 26.4 Å². The second-order valence-corrected chi connectivity index (χ2v) is 4.87. The predicted octanol–water partition coefficient (Wildman–Crippen LogP) is 0.529. The summed E-state index contributed by atoms with van der Waals surface area (Å²) in [7, 11) is 0. The van der Waals surface area contributed by atoms with Gasteiger partial charge in [0.1, 0.15) is 0 Å². The Morgan fingerprint density at radius 3 is 2.84 bits per heavy atom. The minimum Gasteiger partial charge on any atom is -0.395 e. The Balaban J connectivity index is 2.12. The van der Waals surface area contributed by atoms with Crippen molar-refractivity contribution in [1.29, 1.82) is 0 Å². The van der Waals surface area contributed by atoms with Crippen molar-refractivity contribution in [1.82, 2.24) is 10.3 Å². The van der Waals surface area contributed by atoms with E-state index in [1.807, 2.05) is 18.2 Å². The van der Waals surface area contributed by atoms with E-state index in [9.17, 15) is 4.79 Å². The quantitative estimate of drug-likeness (QED) is 0.814. The highest BCUT2D eigenvalue weighted by Crippen LogP contribution is 2.34. The second kappa shape index (κ2) is 6.63. The SMILES string of the molecule is O=C(NCCO)C1(Cc2ccccn2)CCOCC1. The first-order chi connectivity index (χ1) is 9.27. The molecule has 0 unspecified atom stereocenters. The number of carbonyl (C=O) groups is 1. The molecule has 0 radical (unpaired) electrons. The first-order valence-corrected chi connectivity index (χ1v) is 6.64. The first kappa shape index (κ1) is 14.0. The van der Waals surface area contributed by atoms with Crippen molar-refractivity contribution in [2.24, 2.45) is 5.41 Å². The Bertz CT molecular complexity index is 402. The maximum atomic E-state index is 12.4. The van der Waals surface area contributed by atoms with Gasteiger partial charge < -0.3 is 15.2 Å². The van der Waals surface area contributed by atoms with E-state index in [1.165, 1.54) is 0 Å². The van der Waals surface area contributed by atoms with Gasteiger partial charge in [-0.15, -0.1) is 0 Å². The van der Waals surface area contributed by atoms with Crippen LogP contribution in [-0.4, -0.2) is 42.4 Å². The van der Waals surface area contributed by atoms with E-state index < -0.39 is 5.41 Å². The average Bonchev–Trinajstić information content (AvgIpc) is 2.46. The molecule has 1 aromatic heterocycles. The lowest BCUT2D eigenvalue weighted by Gasteiger charge is -2.35. The molecule has 0 spiro atoms. The van der Waals surface area contributed by atoms with E-state index in [1.54, 1.807) is 6.20 Å². The lowest BCUT2D eigenvalue weighted by molar-refractivity contribution is -0.136. The molecule has 0 atom stereocenters. The molecule has 1 aliphatic heterocycles. The molecule has 104 valence electrons. The minimum absolute atomic E-state index is 0.00416. The largest absolute Gasteiger partial charge is 0.395 e. The molecule has 0 saturated carbocycles. The fourth-order valence-electron chi connectivity index (χ4n) is 2.45. The molecule has 19 heavy (non-hydrogen) atoms. The van der Waals surface area contributed by atoms with Gasteiger partial charge in [-0.3, -0.25) is 9.78 Å². The molecule has 1 aliphatic rings. The second-order valence-electron chi connectivity index (χ2n) is 4.87. The number of hydrogen-bond donors (Lipinski definition) is 2. The number of aromatic nitrogens is 1. The third-order valence-electron chi connectivity index (χ3n) is 3.57. The minimum atomic E-state index is -0.457. The molecule has 0 aliphatic carbocycles. The molecule has 1 amide bonds. The Morgan fingerprint density at radius 1 is 1.42 bits per heavy atom. The molecule has 5 heteroatoms. The maximum Gasteiger partial charge on any atom is 0.226 e. The summed E-state index contributed by atoms with van der Waals surface area (Å²) in [6, 6.07) is 5.74. The van der Waals surface area contributed by atoms with Crippen molar-refractivity contribution < 1.29 is 14.6 Å². The summed E-state index contributed by atoms with van der Waals surface area (Å²) in [5.41, 5.74) is 0.463. The predicted molar refractivity (Wildman–Crippen MR) is 70.5 cm³/mol. The number of aliphatic hydroxyl groups excluding tert-OH is 1. The van der Waals surface area contributed by atoms with Crippen LogP contribution < -0.4 is 5.32 Å². The Hall–Kier alpha value is -1.46. The smallest absolute Gasteiger partial charge is 0.226 e. The monoisotopic (exact) mass is 264 g/mol. The normalized spacial score (nSPS) is 17.9. The van der Waals surface area contributed by atoms with E-state index >= 15 is 0 Å². The lowest BCUT2D eigenvalue weighted by atomic mass is 9.75. The van der Waals surface area contributed by atoms with E-state index in [2.05, 4.69) is 10.3 Å². The standard InChI is InChI=1S/C14H20N2O3/c17-8-7-16-13(18)14(4-9-19-10-5-14)11-12-3-1-2-6-15-12/h1-3,6,17H,4-5,7-11H2,(H,16,18). The number of hydrogen-bond acceptors (Lipinski definition) is 4. The molecule has 0 bridgehead atoms. The van der Waals surface area contributed by atoms with Gasteiger partial charge in [-0.2, -0.15) is 0 Å². The molecular formula is C14H20N2O3. The van der Waals surface area contributed by atoms with Gasteiger partial charge in [0, 0.05) is 38.1 Å². The van der Waals surface area contributed by atoms with Crippen LogP contribution in [0.5, 0.6) is 0 Å². The van der Waals surface area contributed by atoms with Crippen LogP contribution in [0.3, 0.4) is 0 Å². The van der Waals surface area contributed by atoms with Gasteiger partial charge in [-0.1, -0.05) is 6.07 Å². The Labute approximate surface area is 113 Å². The number of carbonyl (C=O) groups excluding carboxylic acids is 1. The number of ether oxygens (including phenoxy) is 1. The molecule has 2 rings (SSSR count). The number of amides is 1. The van der Waals surface area contributed by atoms with E-state index in [-0.39, 0.29) is 12.5 Å². The summed E-state index contributed by atoms with van der Waals surface area (Å²) in [6.45, 7) is 1.45. The maximum absolute atomic E-state index is 12.4. The molecular weight excluding hydrogens is 244 g/mol. The zero-order valence-corrected chi connectivity index (χ0v) is 11.0. The summed E-state index contributed by atoms with van der Waals surface area (Å²) in [4.78, 5) is 16.7. The molecule has 1 fully saturated rings. The van der Waals surface area contributed by atoms with Gasteiger partial charge in [-0.25, -0.2) is 0 Å². The highest BCUT2D eigenvalue weighted by Gasteiger charge is 2.40. The van der Waals surface area contributed by atoms with Crippen LogP contribution in [0, 0.1) is 5.41 Å². The fourth-order valence-corrected chi connectivity index (χ4v) is 2.45. The van der Waals surface area contributed by atoms with Crippen molar-refractivity contribution in [3.8, 4) is 0 Å². The molecule has 0 aromatic carbocycles. The fraction of sp³-hybridized carbons (Fsp3) is 0.571. The molecule has 5 nitrogen and oxygen atoms in total. The van der Waals surface area contributed by atoms with Crippen LogP contribution in [0.1, 0.15) is 18.5 Å². The van der Waals surface area contributed by atoms with E-state index in [4.69, 9.17) is 9.84 Å².